The average Bonchev–Trinajstić information content (AvgIpc) is 3.24. The number of sulfone groups is 1. The monoisotopic (exact) mass is 524 g/mol. The standard InChI is InChI=1S/C21H24N4O6S.CH4OS/c1-4-32(28,29)20-6-5-16(12-22-20)31-18-10-15(9-17(11-18)30-14(2)13-26)21(27)23-19-7-8-25(3)24-19;1-3-2/h5-12,14,26H,4,13H2,1-3H3,(H,23,24,27);2H,1H3/t14-;/m0./s1. The Morgan fingerprint density at radius 2 is 1.89 bits per heavy atom. The third-order valence-electron chi connectivity index (χ3n) is 4.34. The van der Waals surface area contributed by atoms with E-state index < -0.39 is 21.8 Å². The van der Waals surface area contributed by atoms with Crippen molar-refractivity contribution in [3.8, 4) is 17.2 Å². The Kier molecular flexibility index (Phi) is 10.5. The molecule has 0 bridgehead atoms. The Balaban J connectivity index is 0.00000137. The van der Waals surface area contributed by atoms with E-state index in [9.17, 15) is 18.3 Å². The summed E-state index contributed by atoms with van der Waals surface area (Å²) in [4.78, 5) is 16.7. The van der Waals surface area contributed by atoms with Gasteiger partial charge in [0.25, 0.3) is 5.91 Å². The molecular formula is C22H28N4O7S2. The molecule has 0 saturated carbocycles. The second-order valence-corrected chi connectivity index (χ2v) is 9.74. The number of carbonyl (C=O) groups excluding carboxylic acids is 1. The first-order chi connectivity index (χ1) is 16.6. The first kappa shape index (κ1) is 28.1. The maximum atomic E-state index is 12.7. The van der Waals surface area contributed by atoms with E-state index in [0.29, 0.717) is 11.6 Å². The minimum absolute atomic E-state index is 0.0448. The number of benzene rings is 1. The summed E-state index contributed by atoms with van der Waals surface area (Å²) in [5, 5.41) is 16.0. The summed E-state index contributed by atoms with van der Waals surface area (Å²) in [7, 11) is -1.69. The zero-order valence-corrected chi connectivity index (χ0v) is 21.3. The molecule has 0 spiro atoms. The quantitative estimate of drug-likeness (QED) is 0.356. The maximum absolute atomic E-state index is 12.7. The van der Waals surface area contributed by atoms with Crippen molar-refractivity contribution in [2.45, 2.75) is 25.0 Å². The van der Waals surface area contributed by atoms with Gasteiger partial charge in [0.05, 0.1) is 18.6 Å². The van der Waals surface area contributed by atoms with Crippen LogP contribution in [0.25, 0.3) is 0 Å². The van der Waals surface area contributed by atoms with E-state index >= 15 is 0 Å². The highest BCUT2D eigenvalue weighted by Crippen LogP contribution is 2.29. The molecule has 3 aromatic rings. The van der Waals surface area contributed by atoms with E-state index in [-0.39, 0.29) is 34.4 Å². The van der Waals surface area contributed by atoms with Crippen LogP contribution in [-0.4, -0.2) is 63.5 Å². The molecule has 0 radical (unpaired) electrons. The highest BCUT2D eigenvalue weighted by molar-refractivity contribution is 7.93. The fraction of sp³-hybridized carbons (Fsp3) is 0.318. The Morgan fingerprint density at radius 1 is 1.20 bits per heavy atom. The summed E-state index contributed by atoms with van der Waals surface area (Å²) in [6.07, 6.45) is 4.08. The van der Waals surface area contributed by atoms with Crippen LogP contribution in [0.4, 0.5) is 5.82 Å². The summed E-state index contributed by atoms with van der Waals surface area (Å²) in [6, 6.07) is 9.07. The van der Waals surface area contributed by atoms with Crippen LogP contribution in [0.15, 0.2) is 53.8 Å². The number of amides is 1. The number of aromatic nitrogens is 3. The Bertz CT molecular complexity index is 1210. The van der Waals surface area contributed by atoms with Crippen molar-refractivity contribution >= 4 is 33.6 Å². The molecule has 1 aromatic carbocycles. The van der Waals surface area contributed by atoms with Gasteiger partial charge in [-0.15, -0.1) is 0 Å². The number of anilines is 1. The second-order valence-electron chi connectivity index (χ2n) is 7.15. The van der Waals surface area contributed by atoms with E-state index in [1.807, 2.05) is 0 Å². The molecule has 0 saturated heterocycles. The number of aryl methyl sites for hydroxylation is 1. The summed E-state index contributed by atoms with van der Waals surface area (Å²) in [5.41, 5.74) is 0.242. The maximum Gasteiger partial charge on any atom is 0.257 e. The predicted octanol–water partition coefficient (Wildman–Crippen LogP) is 3.24. The van der Waals surface area contributed by atoms with E-state index in [2.05, 4.69) is 15.4 Å². The average molecular weight is 525 g/mol. The zero-order chi connectivity index (χ0) is 26.0. The van der Waals surface area contributed by atoms with Crippen LogP contribution in [0.3, 0.4) is 0 Å². The summed E-state index contributed by atoms with van der Waals surface area (Å²) >= 11 is 0.750. The van der Waals surface area contributed by atoms with Gasteiger partial charge in [0, 0.05) is 37.2 Å². The van der Waals surface area contributed by atoms with Gasteiger partial charge in [0.1, 0.15) is 23.4 Å². The van der Waals surface area contributed by atoms with Gasteiger partial charge in [-0.05, 0) is 43.2 Å². The molecule has 0 unspecified atom stereocenters. The van der Waals surface area contributed by atoms with Crippen molar-refractivity contribution in [1.29, 1.82) is 0 Å². The molecule has 1 amide bonds. The third-order valence-corrected chi connectivity index (χ3v) is 5.97. The SMILES string of the molecule is CCS(=O)(=O)c1ccc(Oc2cc(O[C@@H](C)CO)cc(C(=O)Nc3ccn(C)n3)c2)cn1.CSO. The Morgan fingerprint density at radius 3 is 2.43 bits per heavy atom. The van der Waals surface area contributed by atoms with Gasteiger partial charge >= 0.3 is 0 Å². The smallest absolute Gasteiger partial charge is 0.257 e. The summed E-state index contributed by atoms with van der Waals surface area (Å²) in [6.45, 7) is 3.01. The van der Waals surface area contributed by atoms with Crippen LogP contribution in [0.1, 0.15) is 24.2 Å². The van der Waals surface area contributed by atoms with E-state index in [0.717, 1.165) is 12.0 Å². The van der Waals surface area contributed by atoms with E-state index in [1.165, 1.54) is 37.4 Å². The minimum Gasteiger partial charge on any atom is -0.488 e. The molecule has 3 rings (SSSR count). The molecule has 3 N–H and O–H groups in total. The van der Waals surface area contributed by atoms with Gasteiger partial charge in [0.2, 0.25) is 0 Å². The molecule has 0 aliphatic rings. The van der Waals surface area contributed by atoms with Crippen LogP contribution in [0.5, 0.6) is 17.2 Å². The van der Waals surface area contributed by atoms with Crippen LogP contribution in [0.2, 0.25) is 0 Å². The van der Waals surface area contributed by atoms with Gasteiger partial charge < -0.3 is 24.4 Å². The fourth-order valence-corrected chi connectivity index (χ4v) is 3.45. The number of aliphatic hydroxyl groups excluding tert-OH is 1. The number of nitrogens with zero attached hydrogens (tertiary/aromatic N) is 3. The molecule has 35 heavy (non-hydrogen) atoms. The topological polar surface area (TPSA) is 153 Å². The van der Waals surface area contributed by atoms with Gasteiger partial charge in [-0.3, -0.25) is 9.48 Å². The number of rotatable bonds is 9. The van der Waals surface area contributed by atoms with Crippen LogP contribution in [-0.2, 0) is 16.9 Å². The van der Waals surface area contributed by atoms with Crippen molar-refractivity contribution in [2.75, 3.05) is 23.9 Å². The number of carbonyl (C=O) groups is 1. The molecule has 190 valence electrons. The second kappa shape index (κ2) is 13.1. The molecule has 11 nitrogen and oxygen atoms in total. The molecule has 1 atom stereocenters. The first-order valence-electron chi connectivity index (χ1n) is 10.4. The first-order valence-corrected chi connectivity index (χ1v) is 13.2. The lowest BCUT2D eigenvalue weighted by Gasteiger charge is -2.15. The van der Waals surface area contributed by atoms with Gasteiger partial charge in [-0.25, -0.2) is 13.4 Å². The fourth-order valence-electron chi connectivity index (χ4n) is 2.66. The molecule has 0 aliphatic heterocycles. The largest absolute Gasteiger partial charge is 0.488 e. The lowest BCUT2D eigenvalue weighted by atomic mass is 10.2. The molecular weight excluding hydrogens is 496 g/mol. The van der Waals surface area contributed by atoms with Gasteiger partial charge in [-0.2, -0.15) is 5.10 Å². The van der Waals surface area contributed by atoms with Crippen molar-refractivity contribution in [2.24, 2.45) is 7.05 Å². The molecule has 2 heterocycles. The normalized spacial score (nSPS) is 11.7. The minimum atomic E-state index is -3.43. The van der Waals surface area contributed by atoms with Crippen LogP contribution < -0.4 is 14.8 Å². The van der Waals surface area contributed by atoms with E-state index in [1.54, 1.807) is 43.2 Å². The highest BCUT2D eigenvalue weighted by atomic mass is 32.2. The number of hydrogen-bond donors (Lipinski definition) is 3. The number of hydrogen-bond acceptors (Lipinski definition) is 10. The lowest BCUT2D eigenvalue weighted by Crippen LogP contribution is -2.17. The van der Waals surface area contributed by atoms with E-state index in [4.69, 9.17) is 14.0 Å². The molecule has 13 heteroatoms. The lowest BCUT2D eigenvalue weighted by molar-refractivity contribution is 0.102. The number of ether oxygens (including phenoxy) is 2. The Labute approximate surface area is 208 Å². The van der Waals surface area contributed by atoms with Crippen LogP contribution in [0, 0.1) is 0 Å². The van der Waals surface area contributed by atoms with Crippen molar-refractivity contribution in [1.82, 2.24) is 14.8 Å². The number of nitrogens with one attached hydrogen (secondary N) is 1. The number of aliphatic hydroxyl groups is 1. The molecule has 0 fully saturated rings. The summed E-state index contributed by atoms with van der Waals surface area (Å²) in [5.74, 6) is 0.755. The Hall–Kier alpha value is -3.13. The van der Waals surface area contributed by atoms with Crippen molar-refractivity contribution < 1.29 is 32.3 Å². The summed E-state index contributed by atoms with van der Waals surface area (Å²) < 4.78 is 44.3. The van der Waals surface area contributed by atoms with Gasteiger partial charge in [0.15, 0.2) is 20.7 Å². The van der Waals surface area contributed by atoms with Crippen molar-refractivity contribution in [3.63, 3.8) is 0 Å². The van der Waals surface area contributed by atoms with Crippen LogP contribution >= 0.6 is 12.0 Å². The zero-order valence-electron chi connectivity index (χ0n) is 19.7. The molecule has 2 aromatic heterocycles. The number of pyridine rings is 1. The predicted molar refractivity (Wildman–Crippen MR) is 133 cm³/mol. The van der Waals surface area contributed by atoms with Crippen molar-refractivity contribution in [3.05, 3.63) is 54.4 Å². The third kappa shape index (κ3) is 8.55. The van der Waals surface area contributed by atoms with Gasteiger partial charge in [-0.1, -0.05) is 6.92 Å². The molecule has 0 aliphatic carbocycles. The highest BCUT2D eigenvalue weighted by Gasteiger charge is 2.16.